The number of nitrogens with two attached hydrogens (primary N) is 1. The molecule has 1 amide bonds. The number of benzene rings is 2. The van der Waals surface area contributed by atoms with Crippen LogP contribution >= 0.6 is 0 Å². The van der Waals surface area contributed by atoms with E-state index in [1.54, 1.807) is 0 Å². The van der Waals surface area contributed by atoms with Crippen molar-refractivity contribution in [3.05, 3.63) is 70.5 Å². The first-order valence-corrected chi connectivity index (χ1v) is 9.35. The van der Waals surface area contributed by atoms with Crippen molar-refractivity contribution in [3.63, 3.8) is 0 Å². The average Bonchev–Trinajstić information content (AvgIpc) is 2.74. The van der Waals surface area contributed by atoms with E-state index in [0.29, 0.717) is 0 Å². The van der Waals surface area contributed by atoms with Crippen molar-refractivity contribution in [1.82, 2.24) is 9.55 Å². The summed E-state index contributed by atoms with van der Waals surface area (Å²) in [6, 6.07) is 8.15. The van der Waals surface area contributed by atoms with Crippen molar-refractivity contribution in [2.24, 2.45) is 5.73 Å². The van der Waals surface area contributed by atoms with Crippen molar-refractivity contribution in [2.75, 3.05) is 6.61 Å². The van der Waals surface area contributed by atoms with Gasteiger partial charge in [0.1, 0.15) is 23.0 Å². The van der Waals surface area contributed by atoms with Crippen LogP contribution in [0.4, 0.5) is 17.6 Å². The minimum absolute atomic E-state index is 0.0362. The smallest absolute Gasteiger partial charge is 0.405 e. The average molecular weight is 467 g/mol. The number of aromatic nitrogens is 2. The van der Waals surface area contributed by atoms with Gasteiger partial charge in [-0.15, -0.1) is 13.2 Å². The topological polar surface area (TPSA) is 128 Å². The third-order valence-electron chi connectivity index (χ3n) is 4.47. The highest BCUT2D eigenvalue weighted by atomic mass is 19.4. The van der Waals surface area contributed by atoms with Crippen LogP contribution in [0.2, 0.25) is 0 Å². The minimum Gasteiger partial charge on any atom is -0.405 e. The summed E-state index contributed by atoms with van der Waals surface area (Å²) in [5.41, 5.74) is 3.28. The van der Waals surface area contributed by atoms with E-state index in [9.17, 15) is 32.3 Å². The van der Waals surface area contributed by atoms with E-state index >= 15 is 0 Å². The van der Waals surface area contributed by atoms with E-state index in [1.807, 2.05) is 0 Å². The van der Waals surface area contributed by atoms with Crippen LogP contribution in [0.5, 0.6) is 5.75 Å². The molecule has 4 N–H and O–H groups in total. The van der Waals surface area contributed by atoms with Gasteiger partial charge >= 0.3 is 6.36 Å². The number of amides is 1. The first-order chi connectivity index (χ1) is 15.5. The van der Waals surface area contributed by atoms with Gasteiger partial charge in [0.2, 0.25) is 0 Å². The maximum Gasteiger partial charge on any atom is 0.573 e. The third kappa shape index (κ3) is 5.54. The van der Waals surface area contributed by atoms with Crippen molar-refractivity contribution >= 4 is 5.91 Å². The minimum atomic E-state index is -5.07. The Balaban J connectivity index is 2.18. The molecule has 1 heterocycles. The number of carbonyl (C=O) groups is 1. The number of ether oxygens (including phenoxy) is 1. The highest BCUT2D eigenvalue weighted by Gasteiger charge is 2.33. The molecule has 0 saturated carbocycles. The summed E-state index contributed by atoms with van der Waals surface area (Å²) >= 11 is 0. The van der Waals surface area contributed by atoms with Crippen LogP contribution in [0.15, 0.2) is 53.5 Å². The fourth-order valence-electron chi connectivity index (χ4n) is 3.08. The Kier molecular flexibility index (Phi) is 6.79. The summed E-state index contributed by atoms with van der Waals surface area (Å²) in [5.74, 6) is -2.78. The number of rotatable bonds is 7. The Morgan fingerprint density at radius 1 is 1.18 bits per heavy atom. The van der Waals surface area contributed by atoms with Crippen LogP contribution in [0.3, 0.4) is 0 Å². The predicted molar refractivity (Wildman–Crippen MR) is 108 cm³/mol. The number of aliphatic hydroxyl groups is 2. The van der Waals surface area contributed by atoms with Gasteiger partial charge in [0, 0.05) is 11.8 Å². The van der Waals surface area contributed by atoms with Crippen LogP contribution < -0.4 is 16.0 Å². The lowest BCUT2D eigenvalue weighted by Gasteiger charge is -2.15. The van der Waals surface area contributed by atoms with Gasteiger partial charge in [-0.2, -0.15) is 0 Å². The molecule has 0 saturated heterocycles. The van der Waals surface area contributed by atoms with E-state index in [1.165, 1.54) is 24.3 Å². The molecule has 1 aromatic heterocycles. The number of aliphatic hydroxyl groups excluding tert-OH is 2. The maximum atomic E-state index is 14.5. The van der Waals surface area contributed by atoms with Gasteiger partial charge in [-0.25, -0.2) is 9.37 Å². The second-order valence-corrected chi connectivity index (χ2v) is 6.87. The van der Waals surface area contributed by atoms with Crippen LogP contribution in [0.25, 0.3) is 22.4 Å². The lowest BCUT2D eigenvalue weighted by Crippen LogP contribution is -2.32. The van der Waals surface area contributed by atoms with E-state index in [2.05, 4.69) is 9.72 Å². The van der Waals surface area contributed by atoms with E-state index in [0.717, 1.165) is 29.0 Å². The molecular formula is C21H17F4N3O5. The third-order valence-corrected chi connectivity index (χ3v) is 4.47. The molecule has 0 bridgehead atoms. The number of carbonyl (C=O) groups excluding carboxylic acids is 1. The zero-order valence-electron chi connectivity index (χ0n) is 16.7. The number of alkyl halides is 3. The molecule has 12 heteroatoms. The molecule has 174 valence electrons. The second-order valence-electron chi connectivity index (χ2n) is 6.87. The molecule has 8 nitrogen and oxygen atoms in total. The highest BCUT2D eigenvalue weighted by molar-refractivity contribution is 5.91. The second kappa shape index (κ2) is 9.38. The fraction of sp³-hybridized carbons (Fsp3) is 0.190. The van der Waals surface area contributed by atoms with Gasteiger partial charge in [-0.1, -0.05) is 24.3 Å². The zero-order valence-corrected chi connectivity index (χ0v) is 16.7. The predicted octanol–water partition coefficient (Wildman–Crippen LogP) is 2.07. The molecule has 0 fully saturated rings. The summed E-state index contributed by atoms with van der Waals surface area (Å²) in [4.78, 5) is 28.5. The van der Waals surface area contributed by atoms with E-state index in [4.69, 9.17) is 10.8 Å². The highest BCUT2D eigenvalue weighted by Crippen LogP contribution is 2.37. The molecule has 0 aliphatic rings. The molecule has 33 heavy (non-hydrogen) atoms. The van der Waals surface area contributed by atoms with Gasteiger partial charge in [0.15, 0.2) is 0 Å². The molecule has 2 aromatic carbocycles. The van der Waals surface area contributed by atoms with Crippen molar-refractivity contribution in [2.45, 2.75) is 19.0 Å². The first kappa shape index (κ1) is 23.9. The van der Waals surface area contributed by atoms with Gasteiger partial charge < -0.3 is 25.3 Å². The largest absolute Gasteiger partial charge is 0.573 e. The number of primary amides is 1. The summed E-state index contributed by atoms with van der Waals surface area (Å²) in [5, 5.41) is 18.7. The van der Waals surface area contributed by atoms with Crippen LogP contribution in [-0.4, -0.2) is 44.7 Å². The lowest BCUT2D eigenvalue weighted by atomic mass is 10.00. The van der Waals surface area contributed by atoms with Crippen molar-refractivity contribution < 1.29 is 37.3 Å². The summed E-state index contributed by atoms with van der Waals surface area (Å²) < 4.78 is 57.7. The molecule has 0 spiro atoms. The zero-order chi connectivity index (χ0) is 24.3. The summed E-state index contributed by atoms with van der Waals surface area (Å²) in [7, 11) is 0. The number of nitrogens with zero attached hydrogens (tertiary/aromatic N) is 2. The van der Waals surface area contributed by atoms with Crippen LogP contribution in [-0.2, 0) is 6.54 Å². The fourth-order valence-corrected chi connectivity index (χ4v) is 3.08. The molecule has 0 aliphatic carbocycles. The quantitative estimate of drug-likeness (QED) is 0.457. The molecule has 0 radical (unpaired) electrons. The van der Waals surface area contributed by atoms with Crippen molar-refractivity contribution in [3.8, 4) is 28.1 Å². The SMILES string of the molecule is NC(=O)c1cn(C[C@H](O)CO)c(=O)c(-c2cccc(-c3c(F)cccc3OC(F)(F)F)c2)n1. The number of halogens is 4. The van der Waals surface area contributed by atoms with E-state index < -0.39 is 47.7 Å². The van der Waals surface area contributed by atoms with Gasteiger partial charge in [-0.05, 0) is 23.8 Å². The Bertz CT molecular complexity index is 1240. The first-order valence-electron chi connectivity index (χ1n) is 9.35. The Labute approximate surface area is 183 Å². The molecule has 1 atom stereocenters. The van der Waals surface area contributed by atoms with Crippen LogP contribution in [0, 0.1) is 5.82 Å². The molecule has 0 unspecified atom stereocenters. The van der Waals surface area contributed by atoms with E-state index in [-0.39, 0.29) is 29.1 Å². The molecule has 3 rings (SSSR count). The van der Waals surface area contributed by atoms with Gasteiger partial charge in [-0.3, -0.25) is 9.59 Å². The molecule has 0 aliphatic heterocycles. The van der Waals surface area contributed by atoms with Gasteiger partial charge in [0.05, 0.1) is 24.8 Å². The van der Waals surface area contributed by atoms with Crippen LogP contribution in [0.1, 0.15) is 10.5 Å². The van der Waals surface area contributed by atoms with Gasteiger partial charge in [0.25, 0.3) is 11.5 Å². The molecule has 3 aromatic rings. The Hall–Kier alpha value is -3.77. The maximum absolute atomic E-state index is 14.5. The summed E-state index contributed by atoms with van der Waals surface area (Å²) in [6.45, 7) is -1.05. The lowest BCUT2D eigenvalue weighted by molar-refractivity contribution is -0.274. The van der Waals surface area contributed by atoms with Crippen molar-refractivity contribution in [1.29, 1.82) is 0 Å². The normalized spacial score (nSPS) is 12.4. The Morgan fingerprint density at radius 3 is 2.48 bits per heavy atom. The standard InChI is InChI=1S/C21H17F4N3O5/c22-14-5-2-6-16(33-21(23,24)25)17(14)11-3-1-4-12(7-11)18-20(32)28(8-13(30)10-29)9-15(27-18)19(26)31/h1-7,9,13,29-30H,8,10H2,(H2,26,31)/t13-/m0/s1. The number of hydrogen-bond donors (Lipinski definition) is 3. The summed E-state index contributed by atoms with van der Waals surface area (Å²) in [6.07, 6.45) is -5.40. The number of hydrogen-bond acceptors (Lipinski definition) is 6. The molecular weight excluding hydrogens is 450 g/mol. The Morgan fingerprint density at radius 2 is 1.85 bits per heavy atom. The monoisotopic (exact) mass is 467 g/mol.